The van der Waals surface area contributed by atoms with Crippen molar-refractivity contribution in [1.82, 2.24) is 0 Å². The average Bonchev–Trinajstić information content (AvgIpc) is 1.61. The van der Waals surface area contributed by atoms with Gasteiger partial charge in [0.25, 0.3) is 0 Å². The predicted molar refractivity (Wildman–Crippen MR) is 36.1 cm³/mol. The lowest BCUT2D eigenvalue weighted by Gasteiger charge is -1.77. The number of thiol groups is 1. The Balaban J connectivity index is 3.46. The predicted octanol–water partition coefficient (Wildman–Crippen LogP) is 1.29. The van der Waals surface area contributed by atoms with E-state index in [1.165, 1.54) is 6.20 Å². The molecule has 0 atom stereocenters. The smallest absolute Gasteiger partial charge is 0.00621 e. The Labute approximate surface area is 49.3 Å². The van der Waals surface area contributed by atoms with E-state index in [0.29, 0.717) is 0 Å². The van der Waals surface area contributed by atoms with Crippen molar-refractivity contribution in [1.29, 1.82) is 0 Å². The summed E-state index contributed by atoms with van der Waals surface area (Å²) in [6, 6.07) is 0. The van der Waals surface area contributed by atoms with Crippen LogP contribution in [0.3, 0.4) is 0 Å². The normalized spacial score (nSPS) is 13.1. The summed E-state index contributed by atoms with van der Waals surface area (Å²) in [4.78, 5) is 0.960. The molecule has 7 heavy (non-hydrogen) atoms. The maximum Gasteiger partial charge on any atom is -0.00621 e. The number of hydrogen-bond donors (Lipinski definition) is 2. The molecule has 0 aromatic carbocycles. The summed E-state index contributed by atoms with van der Waals surface area (Å²) in [7, 11) is 0. The molecule has 0 aliphatic carbocycles. The SMILES string of the molecule is C/C(S)=C\C=C/N. The maximum atomic E-state index is 5.02. The van der Waals surface area contributed by atoms with Gasteiger partial charge in [0.15, 0.2) is 0 Å². The number of hydrogen-bond acceptors (Lipinski definition) is 2. The highest BCUT2D eigenvalue weighted by atomic mass is 32.1. The molecule has 2 N–H and O–H groups in total. The second-order valence-electron chi connectivity index (χ2n) is 1.19. The standard InChI is InChI=1S/C5H9NS/c1-5(7)3-2-4-6/h2-4,7H,6H2,1H3/b4-2-,5-3+. The molecular formula is C5H9NS. The van der Waals surface area contributed by atoms with Gasteiger partial charge < -0.3 is 5.73 Å². The third-order valence-corrected chi connectivity index (χ3v) is 0.598. The minimum atomic E-state index is 0.960. The molecule has 0 heterocycles. The summed E-state index contributed by atoms with van der Waals surface area (Å²) in [5.41, 5.74) is 5.02. The first kappa shape index (κ1) is 6.63. The number of rotatable bonds is 1. The lowest BCUT2D eigenvalue weighted by atomic mass is 10.5. The summed E-state index contributed by atoms with van der Waals surface area (Å²) in [6.45, 7) is 1.89. The highest BCUT2D eigenvalue weighted by molar-refractivity contribution is 7.84. The molecule has 0 aromatic heterocycles. The van der Waals surface area contributed by atoms with Crippen LogP contribution in [0.15, 0.2) is 23.3 Å². The molecule has 1 nitrogen and oxygen atoms in total. The van der Waals surface area contributed by atoms with Crippen LogP contribution in [-0.4, -0.2) is 0 Å². The zero-order valence-electron chi connectivity index (χ0n) is 4.26. The van der Waals surface area contributed by atoms with E-state index in [-0.39, 0.29) is 0 Å². The molecule has 0 bridgehead atoms. The Morgan fingerprint density at radius 3 is 2.43 bits per heavy atom. The zero-order chi connectivity index (χ0) is 5.70. The minimum absolute atomic E-state index is 0.960. The molecule has 0 radical (unpaired) electrons. The molecule has 0 aliphatic rings. The second-order valence-corrected chi connectivity index (χ2v) is 1.90. The fraction of sp³-hybridized carbons (Fsp3) is 0.200. The van der Waals surface area contributed by atoms with Gasteiger partial charge >= 0.3 is 0 Å². The second kappa shape index (κ2) is 3.81. The van der Waals surface area contributed by atoms with E-state index in [1.807, 2.05) is 13.0 Å². The molecule has 0 rings (SSSR count). The highest BCUT2D eigenvalue weighted by Gasteiger charge is 1.66. The van der Waals surface area contributed by atoms with Gasteiger partial charge in [-0.05, 0) is 24.1 Å². The van der Waals surface area contributed by atoms with Crippen LogP contribution in [0.4, 0.5) is 0 Å². The summed E-state index contributed by atoms with van der Waals surface area (Å²) in [5, 5.41) is 0. The van der Waals surface area contributed by atoms with Gasteiger partial charge in [-0.1, -0.05) is 6.08 Å². The Morgan fingerprint density at radius 1 is 1.71 bits per heavy atom. The van der Waals surface area contributed by atoms with Gasteiger partial charge in [0.05, 0.1) is 0 Å². The van der Waals surface area contributed by atoms with Crippen molar-refractivity contribution in [3.05, 3.63) is 23.3 Å². The first-order valence-corrected chi connectivity index (χ1v) is 2.46. The van der Waals surface area contributed by atoms with E-state index in [2.05, 4.69) is 12.6 Å². The molecule has 0 spiro atoms. The molecule has 0 saturated carbocycles. The van der Waals surface area contributed by atoms with Crippen LogP contribution in [0.1, 0.15) is 6.92 Å². The van der Waals surface area contributed by atoms with E-state index < -0.39 is 0 Å². The molecule has 2 heteroatoms. The summed E-state index contributed by atoms with van der Waals surface area (Å²) >= 11 is 3.99. The van der Waals surface area contributed by atoms with Crippen LogP contribution in [0.5, 0.6) is 0 Å². The van der Waals surface area contributed by atoms with E-state index in [1.54, 1.807) is 6.08 Å². The number of nitrogens with two attached hydrogens (primary N) is 1. The molecule has 0 fully saturated rings. The van der Waals surface area contributed by atoms with Gasteiger partial charge in [-0.2, -0.15) is 0 Å². The number of allylic oxidation sites excluding steroid dienone is 3. The van der Waals surface area contributed by atoms with Crippen molar-refractivity contribution < 1.29 is 0 Å². The summed E-state index contributed by atoms with van der Waals surface area (Å²) in [5.74, 6) is 0. The van der Waals surface area contributed by atoms with Crippen molar-refractivity contribution in [2.75, 3.05) is 0 Å². The van der Waals surface area contributed by atoms with E-state index >= 15 is 0 Å². The van der Waals surface area contributed by atoms with E-state index in [4.69, 9.17) is 5.73 Å². The van der Waals surface area contributed by atoms with Crippen molar-refractivity contribution in [3.63, 3.8) is 0 Å². The third kappa shape index (κ3) is 5.63. The minimum Gasteiger partial charge on any atom is -0.405 e. The average molecular weight is 115 g/mol. The van der Waals surface area contributed by atoms with Crippen molar-refractivity contribution in [2.45, 2.75) is 6.92 Å². The van der Waals surface area contributed by atoms with Crippen LogP contribution >= 0.6 is 12.6 Å². The fourth-order valence-electron chi connectivity index (χ4n) is 0.195. The Bertz CT molecular complexity index is 90.3. The molecule has 0 aromatic rings. The molecular weight excluding hydrogens is 106 g/mol. The molecule has 0 saturated heterocycles. The first-order chi connectivity index (χ1) is 3.27. The van der Waals surface area contributed by atoms with Gasteiger partial charge in [0, 0.05) is 0 Å². The van der Waals surface area contributed by atoms with Crippen LogP contribution in [-0.2, 0) is 0 Å². The van der Waals surface area contributed by atoms with Gasteiger partial charge in [-0.3, -0.25) is 0 Å². The van der Waals surface area contributed by atoms with Crippen molar-refractivity contribution >= 4 is 12.6 Å². The Kier molecular flexibility index (Phi) is 3.61. The quantitative estimate of drug-likeness (QED) is 0.391. The Hall–Kier alpha value is -0.370. The lowest BCUT2D eigenvalue weighted by Crippen LogP contribution is -1.72. The maximum absolute atomic E-state index is 5.02. The zero-order valence-corrected chi connectivity index (χ0v) is 5.15. The van der Waals surface area contributed by atoms with Gasteiger partial charge in [-0.25, -0.2) is 0 Å². The van der Waals surface area contributed by atoms with E-state index in [9.17, 15) is 0 Å². The highest BCUT2D eigenvalue weighted by Crippen LogP contribution is 1.94. The first-order valence-electron chi connectivity index (χ1n) is 2.01. The van der Waals surface area contributed by atoms with Crippen LogP contribution < -0.4 is 5.73 Å². The Morgan fingerprint density at radius 2 is 2.29 bits per heavy atom. The molecule has 0 aliphatic heterocycles. The summed E-state index contributed by atoms with van der Waals surface area (Å²) < 4.78 is 0. The monoisotopic (exact) mass is 115 g/mol. The van der Waals surface area contributed by atoms with Crippen LogP contribution in [0.2, 0.25) is 0 Å². The van der Waals surface area contributed by atoms with Gasteiger partial charge in [0.1, 0.15) is 0 Å². The van der Waals surface area contributed by atoms with Crippen molar-refractivity contribution in [2.24, 2.45) is 5.73 Å². The van der Waals surface area contributed by atoms with Crippen molar-refractivity contribution in [3.8, 4) is 0 Å². The third-order valence-electron chi connectivity index (χ3n) is 0.449. The van der Waals surface area contributed by atoms with Gasteiger partial charge in [-0.15, -0.1) is 12.6 Å². The van der Waals surface area contributed by atoms with Gasteiger partial charge in [0.2, 0.25) is 0 Å². The lowest BCUT2D eigenvalue weighted by molar-refractivity contribution is 1.58. The molecule has 0 amide bonds. The molecule has 40 valence electrons. The fourth-order valence-corrected chi connectivity index (χ4v) is 0.281. The molecule has 0 unspecified atom stereocenters. The van der Waals surface area contributed by atoms with Crippen LogP contribution in [0.25, 0.3) is 0 Å². The largest absolute Gasteiger partial charge is 0.405 e. The van der Waals surface area contributed by atoms with Crippen LogP contribution in [0, 0.1) is 0 Å². The topological polar surface area (TPSA) is 26.0 Å². The van der Waals surface area contributed by atoms with E-state index in [0.717, 1.165) is 4.91 Å². The summed E-state index contributed by atoms with van der Waals surface area (Å²) in [6.07, 6.45) is 5.03.